The zero-order valence-corrected chi connectivity index (χ0v) is 80.0. The number of nitrogens with one attached hydrogen (secondary N) is 1. The number of nitrogens with zero attached hydrogens (tertiary/aromatic N) is 7. The molecule has 622 valence electrons. The van der Waals surface area contributed by atoms with Gasteiger partial charge in [0.1, 0.15) is 10.3 Å². The predicted octanol–water partition coefficient (Wildman–Crippen LogP) is 26.2. The van der Waals surface area contributed by atoms with Crippen LogP contribution in [0.25, 0.3) is 32.3 Å². The maximum Gasteiger partial charge on any atom is 0.255 e. The number of halogens is 12. The van der Waals surface area contributed by atoms with Gasteiger partial charge in [0.05, 0.1) is 38.8 Å². The van der Waals surface area contributed by atoms with Crippen molar-refractivity contribution in [3.8, 4) is 0 Å². The monoisotopic (exact) mass is 1940 g/mol. The molecule has 4 aromatic heterocycles. The number of imidazole rings is 4. The molecule has 0 radical (unpaired) electrons. The first kappa shape index (κ1) is 103. The molecule has 20 heteroatoms. The molecule has 10 aromatic rings. The Balaban J connectivity index is 0.000000368. The van der Waals surface area contributed by atoms with E-state index in [9.17, 15) is 0 Å². The largest absolute Gasteiger partial charge is 1.00 e. The third kappa shape index (κ3) is 43.2. The minimum absolute atomic E-state index is 0. The van der Waals surface area contributed by atoms with E-state index in [1.807, 2.05) is 4.57 Å². The minimum Gasteiger partial charge on any atom is -1.00 e. The fourth-order valence-electron chi connectivity index (χ4n) is 13.4. The van der Waals surface area contributed by atoms with Gasteiger partial charge in [-0.05, 0) is 140 Å². The van der Waals surface area contributed by atoms with Crippen molar-refractivity contribution in [2.45, 2.75) is 311 Å². The van der Waals surface area contributed by atoms with Crippen LogP contribution in [-0.4, -0.2) is 39.3 Å². The Labute approximate surface area is 753 Å². The van der Waals surface area contributed by atoms with Crippen LogP contribution < -0.4 is 43.1 Å². The highest BCUT2D eigenvalue weighted by Crippen LogP contribution is 2.26. The van der Waals surface area contributed by atoms with Crippen LogP contribution in [0.2, 0.25) is 41.2 Å². The van der Waals surface area contributed by atoms with Gasteiger partial charge in [-0.2, -0.15) is 0 Å². The summed E-state index contributed by atoms with van der Waals surface area (Å²) in [6, 6.07) is 45.4. The van der Waals surface area contributed by atoms with Gasteiger partial charge in [0, 0.05) is 30.0 Å². The second kappa shape index (κ2) is 66.0. The number of rotatable bonds is 47. The Hall–Kier alpha value is -2.82. The van der Waals surface area contributed by atoms with Gasteiger partial charge in [0.25, 0.3) is 20.6 Å². The van der Waals surface area contributed by atoms with Crippen LogP contribution in [0.1, 0.15) is 276 Å². The van der Waals surface area contributed by atoms with Crippen LogP contribution in [-0.2, 0) is 52.0 Å². The van der Waals surface area contributed by atoms with Crippen molar-refractivity contribution in [1.82, 2.24) is 28.7 Å². The van der Waals surface area contributed by atoms with Gasteiger partial charge in [-0.15, -0.1) is 0 Å². The van der Waals surface area contributed by atoms with Crippen molar-refractivity contribution in [2.24, 2.45) is 0 Å². The molecule has 1 N–H and O–H groups in total. The average molecular weight is 1950 g/mol. The topological polar surface area (TPSA) is 64.1 Å². The van der Waals surface area contributed by atoms with Crippen molar-refractivity contribution in [1.29, 1.82) is 0 Å². The summed E-state index contributed by atoms with van der Waals surface area (Å²) in [6.07, 6.45) is 59.1. The number of aryl methyl sites for hydroxylation is 8. The van der Waals surface area contributed by atoms with Crippen LogP contribution >= 0.6 is 125 Å². The lowest BCUT2D eigenvalue weighted by Crippen LogP contribution is -3.00. The second-order valence-electron chi connectivity index (χ2n) is 29.2. The Bertz CT molecular complexity index is 3810. The normalized spacial score (nSPS) is 10.8. The number of hydrogen-bond donors (Lipinski definition) is 1. The van der Waals surface area contributed by atoms with Crippen molar-refractivity contribution >= 4 is 157 Å². The summed E-state index contributed by atoms with van der Waals surface area (Å²) in [4.78, 5) is 10.2. The van der Waals surface area contributed by atoms with Crippen LogP contribution in [0.15, 0.2) is 153 Å². The van der Waals surface area contributed by atoms with E-state index in [0.717, 1.165) is 76.6 Å². The van der Waals surface area contributed by atoms with Crippen LogP contribution in [0, 0.1) is 0 Å². The van der Waals surface area contributed by atoms with Crippen molar-refractivity contribution in [3.63, 3.8) is 0 Å². The molecule has 0 aliphatic rings. The summed E-state index contributed by atoms with van der Waals surface area (Å²) in [7, 11) is 0. The fourth-order valence-corrected chi connectivity index (χ4v) is 15.7. The maximum atomic E-state index is 6.51. The van der Waals surface area contributed by atoms with Gasteiger partial charge in [-0.3, -0.25) is 0 Å². The van der Waals surface area contributed by atoms with Gasteiger partial charge in [-0.1, -0.05) is 426 Å². The summed E-state index contributed by atoms with van der Waals surface area (Å²) in [5.74, 6) is 0. The van der Waals surface area contributed by atoms with Gasteiger partial charge in [0.15, 0.2) is 10.3 Å². The first-order valence-electron chi connectivity index (χ1n) is 41.9. The van der Waals surface area contributed by atoms with E-state index < -0.39 is 0 Å². The molecular formula is C92H130Br4Cl8N8. The zero-order chi connectivity index (χ0) is 79.0. The number of aromatic amines is 1. The third-order valence-corrected chi connectivity index (χ3v) is 24.2. The van der Waals surface area contributed by atoms with E-state index in [-0.39, 0.29) is 34.0 Å². The van der Waals surface area contributed by atoms with Gasteiger partial charge < -0.3 is 43.5 Å². The van der Waals surface area contributed by atoms with Gasteiger partial charge in [0.2, 0.25) is 12.7 Å². The van der Waals surface area contributed by atoms with Gasteiger partial charge >= 0.3 is 0 Å². The van der Waals surface area contributed by atoms with Crippen LogP contribution in [0.3, 0.4) is 0 Å². The number of benzene rings is 6. The molecule has 0 amide bonds. The molecule has 0 fully saturated rings. The maximum absolute atomic E-state index is 6.51. The number of alkyl halides is 2. The SMILES string of the molecule is BrCCc1ccc2ccccc2c1.CCCCCCCCCCCBr.CCCCCCCCCCC[n+]1cn(CCc2ccc3ccccc3c2)c(Cl)c1Cl.CCCCCCCCCCC[n+]1cn(CCc2ccc3ccccc3c2)c(Cl)c1Cl.CCCCCCCCCCCn1cnc(Cl)c1Cl.Clc1nc[nH]c1Cl.[Br-].[Br-]. The molecule has 4 heterocycles. The van der Waals surface area contributed by atoms with E-state index >= 15 is 0 Å². The molecule has 112 heavy (non-hydrogen) atoms. The second-order valence-corrected chi connectivity index (χ2v) is 33.7. The Kier molecular flexibility index (Phi) is 60.9. The number of aromatic nitrogens is 8. The minimum atomic E-state index is 0. The van der Waals surface area contributed by atoms with Gasteiger partial charge in [-0.25, -0.2) is 28.2 Å². The Morgan fingerprint density at radius 1 is 0.321 bits per heavy atom. The Morgan fingerprint density at radius 2 is 0.643 bits per heavy atom. The summed E-state index contributed by atoms with van der Waals surface area (Å²) >= 11 is 55.4. The quantitative estimate of drug-likeness (QED) is 0.0235. The van der Waals surface area contributed by atoms with E-state index in [0.29, 0.717) is 41.2 Å². The summed E-state index contributed by atoms with van der Waals surface area (Å²) < 4.78 is 10.3. The summed E-state index contributed by atoms with van der Waals surface area (Å²) in [5, 5.41) is 14.3. The zero-order valence-electron chi connectivity index (χ0n) is 67.6. The van der Waals surface area contributed by atoms with Crippen molar-refractivity contribution in [2.75, 3.05) is 10.7 Å². The number of unbranched alkanes of at least 4 members (excludes halogenated alkanes) is 32. The molecule has 0 aliphatic carbocycles. The molecule has 0 aliphatic heterocycles. The van der Waals surface area contributed by atoms with E-state index in [1.165, 1.54) is 273 Å². The van der Waals surface area contributed by atoms with Crippen molar-refractivity contribution < 1.29 is 43.1 Å². The number of H-pyrrole nitrogens is 1. The number of fused-ring (bicyclic) bond motifs is 3. The molecule has 0 atom stereocenters. The first-order valence-corrected chi connectivity index (χ1v) is 47.1. The highest BCUT2D eigenvalue weighted by molar-refractivity contribution is 9.09. The number of hydrogen-bond acceptors (Lipinski definition) is 2. The molecule has 0 unspecified atom stereocenters. The van der Waals surface area contributed by atoms with E-state index in [4.69, 9.17) is 92.8 Å². The van der Waals surface area contributed by atoms with E-state index in [1.54, 1.807) is 6.33 Å². The lowest BCUT2D eigenvalue weighted by Gasteiger charge is -2.04. The first-order chi connectivity index (χ1) is 53.7. The predicted molar refractivity (Wildman–Crippen MR) is 490 cm³/mol. The molecule has 0 spiro atoms. The standard InChI is InChI=1S/2C26H35Cl2N2.C14H24Cl2N2.C12H11Br.C11H23Br.C3H2Cl2N2.2BrH/c2*1-2-3-4-5-6-7-8-9-12-18-29-21-30(26(28)25(29)27)19-17-22-15-16-23-13-10-11-14-24(23)20-22;1-2-3-4-5-6-7-8-9-10-11-18-12-17-13(15)14(18)16;13-8-7-10-5-6-11-3-1-2-4-12(11)9-10;1-2-3-4-5-6-7-8-9-10-11-12;4-2-3(5)7-1-6-2;;/h2*10-11,13-16,20-21H,2-9,12,17-19H2,1H3;12H,2-11H2,1H3;1-6,9H,7-8H2;2-11H2,1H3;1H,(H,6,7);2*1H/q2*+1;;;;;;/p-2. The van der Waals surface area contributed by atoms with E-state index in [2.05, 4.69) is 233 Å². The van der Waals surface area contributed by atoms with Crippen LogP contribution in [0.4, 0.5) is 0 Å². The fraction of sp³-hybridized carbons (Fsp3) is 0.543. The average Bonchev–Trinajstić information content (AvgIpc) is 1.28. The molecule has 0 saturated heterocycles. The molecule has 8 nitrogen and oxygen atoms in total. The summed E-state index contributed by atoms with van der Waals surface area (Å²) in [5.41, 5.74) is 4.04. The molecule has 0 bridgehead atoms. The lowest BCUT2D eigenvalue weighted by atomic mass is 10.1. The lowest BCUT2D eigenvalue weighted by molar-refractivity contribution is -0.694. The third-order valence-electron chi connectivity index (χ3n) is 20.0. The highest BCUT2D eigenvalue weighted by atomic mass is 79.9. The Morgan fingerprint density at radius 3 is 0.938 bits per heavy atom. The summed E-state index contributed by atoms with van der Waals surface area (Å²) in [6.45, 7) is 13.5. The van der Waals surface area contributed by atoms with Crippen LogP contribution in [0.5, 0.6) is 0 Å². The molecular weight excluding hydrogens is 1820 g/mol. The highest BCUT2D eigenvalue weighted by Gasteiger charge is 2.21. The van der Waals surface area contributed by atoms with Crippen molar-refractivity contribution in [3.05, 3.63) is 211 Å². The molecule has 0 saturated carbocycles. The smallest absolute Gasteiger partial charge is 0.255 e. The molecule has 6 aromatic carbocycles. The molecule has 10 rings (SSSR count).